The summed E-state index contributed by atoms with van der Waals surface area (Å²) in [6.07, 6.45) is 7.30. The fourth-order valence-electron chi connectivity index (χ4n) is 4.02. The van der Waals surface area contributed by atoms with Gasteiger partial charge < -0.3 is 9.64 Å². The molecule has 1 saturated heterocycles. The van der Waals surface area contributed by atoms with Crippen molar-refractivity contribution >= 4 is 5.95 Å². The van der Waals surface area contributed by atoms with Crippen molar-refractivity contribution in [3.63, 3.8) is 0 Å². The van der Waals surface area contributed by atoms with E-state index < -0.39 is 0 Å². The highest BCUT2D eigenvalue weighted by Gasteiger charge is 2.26. The molecule has 27 heavy (non-hydrogen) atoms. The van der Waals surface area contributed by atoms with Crippen molar-refractivity contribution in [1.82, 2.24) is 34.7 Å². The molecule has 0 spiro atoms. The number of aromatic amines is 1. The third kappa shape index (κ3) is 3.12. The summed E-state index contributed by atoms with van der Waals surface area (Å²) in [4.78, 5) is 2.29. The minimum atomic E-state index is 0.205. The summed E-state index contributed by atoms with van der Waals surface area (Å²) in [5.74, 6) is 1.73. The Kier molecular flexibility index (Phi) is 4.16. The van der Waals surface area contributed by atoms with Crippen LogP contribution in [0, 0.1) is 6.92 Å². The predicted octanol–water partition coefficient (Wildman–Crippen LogP) is 1.76. The summed E-state index contributed by atoms with van der Waals surface area (Å²) >= 11 is 0. The van der Waals surface area contributed by atoms with Gasteiger partial charge in [-0.3, -0.25) is 14.3 Å². The molecule has 5 rings (SSSR count). The lowest BCUT2D eigenvalue weighted by Gasteiger charge is -2.30. The van der Waals surface area contributed by atoms with Crippen LogP contribution in [0.5, 0.6) is 0 Å². The molecule has 0 saturated carbocycles. The van der Waals surface area contributed by atoms with Gasteiger partial charge in [-0.1, -0.05) is 0 Å². The predicted molar refractivity (Wildman–Crippen MR) is 99.2 cm³/mol. The standard InChI is InChI=1S/C18H24N8O/c1-13-8-15-11-24(5-6-26(15)23-13)18-22-21-17(14-9-19-20-10-14)25(18)12-16-4-2-3-7-27-16/h8-10,16H,2-7,11-12H2,1H3,(H,19,20). The number of aryl methyl sites for hydroxylation is 1. The second kappa shape index (κ2) is 6.80. The lowest BCUT2D eigenvalue weighted by Crippen LogP contribution is -2.36. The van der Waals surface area contributed by atoms with Crippen molar-refractivity contribution in [2.24, 2.45) is 0 Å². The molecule has 9 nitrogen and oxygen atoms in total. The van der Waals surface area contributed by atoms with Gasteiger partial charge in [-0.05, 0) is 32.3 Å². The molecule has 0 amide bonds. The topological polar surface area (TPSA) is 89.7 Å². The molecule has 2 aliphatic heterocycles. The van der Waals surface area contributed by atoms with E-state index in [1.54, 1.807) is 6.20 Å². The van der Waals surface area contributed by atoms with Gasteiger partial charge in [0.05, 0.1) is 48.9 Å². The molecule has 2 aliphatic rings. The average molecular weight is 368 g/mol. The van der Waals surface area contributed by atoms with Crippen LogP contribution in [0.15, 0.2) is 18.5 Å². The largest absolute Gasteiger partial charge is 0.376 e. The number of nitrogens with one attached hydrogen (secondary N) is 1. The van der Waals surface area contributed by atoms with Crippen molar-refractivity contribution in [3.05, 3.63) is 29.8 Å². The van der Waals surface area contributed by atoms with Crippen molar-refractivity contribution in [2.45, 2.75) is 51.9 Å². The zero-order valence-electron chi connectivity index (χ0n) is 15.5. The summed E-state index contributed by atoms with van der Waals surface area (Å²) in [5.41, 5.74) is 3.22. The zero-order valence-corrected chi connectivity index (χ0v) is 15.5. The van der Waals surface area contributed by atoms with Crippen LogP contribution in [-0.2, 0) is 24.4 Å². The molecule has 1 N–H and O–H groups in total. The quantitative estimate of drug-likeness (QED) is 0.755. The van der Waals surface area contributed by atoms with Crippen molar-refractivity contribution in [3.8, 4) is 11.4 Å². The van der Waals surface area contributed by atoms with Gasteiger partial charge in [0.1, 0.15) is 0 Å². The first-order valence-corrected chi connectivity index (χ1v) is 9.60. The third-order valence-electron chi connectivity index (χ3n) is 5.35. The van der Waals surface area contributed by atoms with Crippen molar-refractivity contribution in [2.75, 3.05) is 18.1 Å². The smallest absolute Gasteiger partial charge is 0.228 e. The van der Waals surface area contributed by atoms with Gasteiger partial charge in [0, 0.05) is 19.3 Å². The normalized spacial score (nSPS) is 20.0. The fourth-order valence-corrected chi connectivity index (χ4v) is 4.02. The second-order valence-electron chi connectivity index (χ2n) is 7.33. The first kappa shape index (κ1) is 16.5. The molecule has 0 aliphatic carbocycles. The maximum atomic E-state index is 5.99. The van der Waals surface area contributed by atoms with E-state index in [4.69, 9.17) is 4.74 Å². The van der Waals surface area contributed by atoms with Gasteiger partial charge in [-0.2, -0.15) is 10.2 Å². The number of rotatable bonds is 4. The summed E-state index contributed by atoms with van der Waals surface area (Å²) in [6, 6.07) is 2.15. The highest BCUT2D eigenvalue weighted by Crippen LogP contribution is 2.27. The van der Waals surface area contributed by atoms with E-state index in [1.807, 2.05) is 13.1 Å². The Morgan fingerprint density at radius 2 is 2.22 bits per heavy atom. The van der Waals surface area contributed by atoms with Crippen LogP contribution in [0.1, 0.15) is 30.7 Å². The summed E-state index contributed by atoms with van der Waals surface area (Å²) in [6.45, 7) is 6.15. The number of fused-ring (bicyclic) bond motifs is 1. The van der Waals surface area contributed by atoms with Gasteiger partial charge in [0.25, 0.3) is 0 Å². The highest BCUT2D eigenvalue weighted by atomic mass is 16.5. The molecule has 0 bridgehead atoms. The van der Waals surface area contributed by atoms with E-state index in [-0.39, 0.29) is 6.10 Å². The van der Waals surface area contributed by atoms with Crippen LogP contribution in [0.3, 0.4) is 0 Å². The average Bonchev–Trinajstić information content (AvgIpc) is 3.40. The number of hydrogen-bond acceptors (Lipinski definition) is 6. The first-order valence-electron chi connectivity index (χ1n) is 9.60. The molecule has 1 atom stereocenters. The third-order valence-corrected chi connectivity index (χ3v) is 5.35. The Morgan fingerprint density at radius 1 is 1.26 bits per heavy atom. The zero-order chi connectivity index (χ0) is 18.2. The van der Waals surface area contributed by atoms with Crippen LogP contribution in [0.25, 0.3) is 11.4 Å². The SMILES string of the molecule is Cc1cc2n(n1)CCN(c1nnc(-c3cn[nH]c3)n1CC1CCCCO1)C2. The van der Waals surface area contributed by atoms with E-state index >= 15 is 0 Å². The second-order valence-corrected chi connectivity index (χ2v) is 7.33. The lowest BCUT2D eigenvalue weighted by molar-refractivity contribution is 0.00636. The van der Waals surface area contributed by atoms with Crippen LogP contribution < -0.4 is 4.90 Å². The monoisotopic (exact) mass is 368 g/mol. The fraction of sp³-hybridized carbons (Fsp3) is 0.556. The number of hydrogen-bond donors (Lipinski definition) is 1. The minimum absolute atomic E-state index is 0.205. The van der Waals surface area contributed by atoms with E-state index in [0.717, 1.165) is 68.7 Å². The molecule has 3 aromatic heterocycles. The first-order chi connectivity index (χ1) is 13.3. The van der Waals surface area contributed by atoms with Crippen molar-refractivity contribution in [1.29, 1.82) is 0 Å². The Balaban J connectivity index is 1.48. The Bertz CT molecular complexity index is 906. The number of H-pyrrole nitrogens is 1. The van der Waals surface area contributed by atoms with Gasteiger partial charge >= 0.3 is 0 Å². The molecular weight excluding hydrogens is 344 g/mol. The highest BCUT2D eigenvalue weighted by molar-refractivity contribution is 5.55. The van der Waals surface area contributed by atoms with Gasteiger partial charge in [0.15, 0.2) is 5.82 Å². The lowest BCUT2D eigenvalue weighted by atomic mass is 10.1. The van der Waals surface area contributed by atoms with E-state index in [0.29, 0.717) is 0 Å². The molecule has 9 heteroatoms. The maximum absolute atomic E-state index is 5.99. The van der Waals surface area contributed by atoms with Gasteiger partial charge in [-0.25, -0.2) is 0 Å². The molecule has 0 aromatic carbocycles. The van der Waals surface area contributed by atoms with E-state index in [9.17, 15) is 0 Å². The van der Waals surface area contributed by atoms with Gasteiger partial charge in [-0.15, -0.1) is 10.2 Å². The number of aromatic nitrogens is 7. The van der Waals surface area contributed by atoms with Crippen LogP contribution in [0.4, 0.5) is 5.95 Å². The molecule has 1 fully saturated rings. The summed E-state index contributed by atoms with van der Waals surface area (Å²) < 4.78 is 10.3. The molecule has 1 unspecified atom stereocenters. The summed E-state index contributed by atoms with van der Waals surface area (Å²) in [5, 5.41) is 20.6. The van der Waals surface area contributed by atoms with E-state index in [1.165, 1.54) is 12.1 Å². The molecule has 3 aromatic rings. The minimum Gasteiger partial charge on any atom is -0.376 e. The van der Waals surface area contributed by atoms with E-state index in [2.05, 4.69) is 45.7 Å². The Hall–Kier alpha value is -2.68. The molecule has 0 radical (unpaired) electrons. The van der Waals surface area contributed by atoms with Crippen LogP contribution in [0.2, 0.25) is 0 Å². The number of nitrogens with zero attached hydrogens (tertiary/aromatic N) is 7. The van der Waals surface area contributed by atoms with Crippen LogP contribution in [-0.4, -0.2) is 54.0 Å². The molecule has 142 valence electrons. The molecule has 5 heterocycles. The van der Waals surface area contributed by atoms with Crippen LogP contribution >= 0.6 is 0 Å². The number of ether oxygens (including phenoxy) is 1. The van der Waals surface area contributed by atoms with Gasteiger partial charge in [0.2, 0.25) is 5.95 Å². The Labute approximate surface area is 157 Å². The molecular formula is C18H24N8O. The summed E-state index contributed by atoms with van der Waals surface area (Å²) in [7, 11) is 0. The Morgan fingerprint density at radius 3 is 3.04 bits per heavy atom. The maximum Gasteiger partial charge on any atom is 0.228 e. The number of anilines is 1. The van der Waals surface area contributed by atoms with Crippen molar-refractivity contribution < 1.29 is 4.74 Å².